The van der Waals surface area contributed by atoms with Crippen molar-refractivity contribution >= 4 is 96.4 Å². The van der Waals surface area contributed by atoms with Crippen LogP contribution in [0.4, 0.5) is 0 Å². The van der Waals surface area contributed by atoms with Crippen molar-refractivity contribution < 1.29 is 0 Å². The molecule has 8 aromatic rings. The SMILES string of the molecule is [CH3][Ge]1([CH3])[CH2]c2ccc(cc2)-n2c3ccc4cc3c3cc(ccc32)[CH2][Pb]([CH3])([CH3])[CH2]c2ccc3c(c2)c2cc(ccc2n3-c2ccc(cc2)[CH2]1)[CH2][Sn]([CH3])([CH3])[CH2]4. The average molecular weight is 1050 g/mol. The molecule has 0 amide bonds. The molecule has 0 fully saturated rings. The van der Waals surface area contributed by atoms with Crippen molar-refractivity contribution in [3.8, 4) is 11.4 Å². The summed E-state index contributed by atoms with van der Waals surface area (Å²) in [5.41, 5.74) is 17.0. The summed E-state index contributed by atoms with van der Waals surface area (Å²) in [7, 11) is 0. The zero-order valence-electron chi connectivity index (χ0n) is 32.2. The van der Waals surface area contributed by atoms with Crippen LogP contribution in [0.3, 0.4) is 0 Å². The summed E-state index contributed by atoms with van der Waals surface area (Å²) in [5.74, 6) is 5.22. The molecule has 0 saturated heterocycles. The van der Waals surface area contributed by atoms with Gasteiger partial charge in [-0.1, -0.05) is 0 Å². The topological polar surface area (TPSA) is 9.86 Å². The summed E-state index contributed by atoms with van der Waals surface area (Å²) in [6, 6.07) is 49.3. The van der Waals surface area contributed by atoms with Crippen LogP contribution in [-0.2, 0) is 27.3 Å². The minimum absolute atomic E-state index is 1.23. The second-order valence-corrected chi connectivity index (χ2v) is 63.5. The Balaban J connectivity index is 1.27. The monoisotopic (exact) mass is 1060 g/mol. The van der Waals surface area contributed by atoms with Gasteiger partial charge in [-0.3, -0.25) is 0 Å². The maximum absolute atomic E-state index is 2.73. The van der Waals surface area contributed by atoms with Gasteiger partial charge in [0.15, 0.2) is 0 Å². The first-order chi connectivity index (χ1) is 25.4. The van der Waals surface area contributed by atoms with Gasteiger partial charge in [-0.05, 0) is 0 Å². The van der Waals surface area contributed by atoms with E-state index in [4.69, 9.17) is 0 Å². The number of hydrogen-bond donors (Lipinski definition) is 0. The number of rotatable bonds is 0. The van der Waals surface area contributed by atoms with Gasteiger partial charge in [-0.2, -0.15) is 0 Å². The quantitative estimate of drug-likeness (QED) is 0.134. The van der Waals surface area contributed by atoms with Gasteiger partial charge in [0.1, 0.15) is 0 Å². The fourth-order valence-corrected chi connectivity index (χ4v) is 34.9. The zero-order chi connectivity index (χ0) is 36.3. The summed E-state index contributed by atoms with van der Waals surface area (Å²) in [6.45, 7) is 0. The minimum atomic E-state index is -2.73. The van der Waals surface area contributed by atoms with Crippen LogP contribution in [0, 0.1) is 0 Å². The van der Waals surface area contributed by atoms with Crippen molar-refractivity contribution in [3.05, 3.63) is 155 Å². The molecule has 0 N–H and O–H groups in total. The van der Waals surface area contributed by atoms with Crippen LogP contribution in [0.2, 0.25) is 30.4 Å². The van der Waals surface area contributed by atoms with Crippen LogP contribution < -0.4 is 0 Å². The summed E-state index contributed by atoms with van der Waals surface area (Å²) in [4.78, 5) is 5.33. The first kappa shape index (κ1) is 34.7. The number of aromatic nitrogens is 2. The van der Waals surface area contributed by atoms with Gasteiger partial charge < -0.3 is 0 Å². The van der Waals surface area contributed by atoms with E-state index in [1.807, 2.05) is 0 Å². The van der Waals surface area contributed by atoms with Gasteiger partial charge in [0.25, 0.3) is 0 Å². The van der Waals surface area contributed by atoms with E-state index in [0.29, 0.717) is 0 Å². The molecule has 15 aliphatic heterocycles. The number of nitrogens with zero attached hydrogens (tertiary/aromatic N) is 2. The van der Waals surface area contributed by atoms with Crippen molar-refractivity contribution in [2.24, 2.45) is 0 Å². The average Bonchev–Trinajstić information content (AvgIpc) is 3.58. The van der Waals surface area contributed by atoms with E-state index < -0.39 is 52.8 Å². The predicted molar refractivity (Wildman–Crippen MR) is 236 cm³/mol. The molecule has 0 unspecified atom stereocenters. The summed E-state index contributed by atoms with van der Waals surface area (Å²) < 4.78 is 15.4. The molecule has 0 saturated carbocycles. The first-order valence-corrected chi connectivity index (χ1v) is 49.9. The third-order valence-corrected chi connectivity index (χ3v) is 36.4. The normalized spacial score (nSPS) is 17.6. The zero-order valence-corrected chi connectivity index (χ0v) is 41.0. The summed E-state index contributed by atoms with van der Waals surface area (Å²) >= 11 is -7.47. The van der Waals surface area contributed by atoms with Gasteiger partial charge in [0.05, 0.1) is 0 Å². The Morgan fingerprint density at radius 3 is 1.15 bits per heavy atom. The van der Waals surface area contributed by atoms with Crippen molar-refractivity contribution in [1.29, 1.82) is 0 Å². The van der Waals surface area contributed by atoms with Crippen LogP contribution in [-0.4, -0.2) is 61.9 Å². The third kappa shape index (κ3) is 6.36. The molecule has 2 aromatic heterocycles. The number of benzene rings is 6. The molecule has 2 nitrogen and oxygen atoms in total. The van der Waals surface area contributed by atoms with Gasteiger partial charge in [-0.15, -0.1) is 0 Å². The first-order valence-electron chi connectivity index (χ1n) is 19.7. The molecule has 18 bridgehead atoms. The second-order valence-electron chi connectivity index (χ2n) is 19.0. The van der Waals surface area contributed by atoms with Crippen LogP contribution in [0.1, 0.15) is 33.4 Å². The second kappa shape index (κ2) is 12.6. The Labute approximate surface area is 326 Å². The molecule has 0 atom stereocenters. The molecular weight excluding hydrogens is 1000 g/mol. The van der Waals surface area contributed by atoms with E-state index in [1.54, 1.807) is 0 Å². The van der Waals surface area contributed by atoms with Gasteiger partial charge in [0, 0.05) is 0 Å². The fraction of sp³-hybridized carbons (Fsp3) is 0.250. The molecule has 0 aliphatic carbocycles. The van der Waals surface area contributed by atoms with Crippen LogP contribution >= 0.6 is 0 Å². The van der Waals surface area contributed by atoms with E-state index in [1.165, 1.54) is 116 Å². The van der Waals surface area contributed by atoms with Crippen molar-refractivity contribution in [3.63, 3.8) is 0 Å². The van der Waals surface area contributed by atoms with Crippen LogP contribution in [0.15, 0.2) is 121 Å². The van der Waals surface area contributed by atoms with Gasteiger partial charge in [-0.25, -0.2) is 0 Å². The third-order valence-electron chi connectivity index (χ3n) is 12.3. The Morgan fingerprint density at radius 1 is 0.453 bits per heavy atom. The Morgan fingerprint density at radius 2 is 0.774 bits per heavy atom. The van der Waals surface area contributed by atoms with E-state index in [0.717, 1.165) is 0 Å². The Kier molecular flexibility index (Phi) is 8.24. The standard InChI is InChI=1S/C44H38GeN2.4CH3.Pb.Sn/c1-29-7-19-41-37(23-29)38-24-30(2)8-20-42(38)46(41)35-15-11-33(12-16-35)27-45(5,6)28-34-13-17-36(18-14-34)47-43-21-9-31(3)25-39(43)40-26-32(4)10-22-44(40)47;;;;;;/h7-26H,1-4,27-28H2,5-6H3;4*1H3;;. The summed E-state index contributed by atoms with van der Waals surface area (Å²) in [6.07, 6.45) is 0. The van der Waals surface area contributed by atoms with Crippen molar-refractivity contribution in [1.82, 2.24) is 9.13 Å². The van der Waals surface area contributed by atoms with E-state index in [9.17, 15) is 0 Å². The van der Waals surface area contributed by atoms with Gasteiger partial charge >= 0.3 is 329 Å². The molecule has 5 heteroatoms. The van der Waals surface area contributed by atoms with Crippen molar-refractivity contribution in [2.45, 2.75) is 57.7 Å². The predicted octanol–water partition coefficient (Wildman–Crippen LogP) is 12.2. The van der Waals surface area contributed by atoms with Crippen LogP contribution in [0.25, 0.3) is 55.0 Å². The maximum atomic E-state index is 2.68. The van der Waals surface area contributed by atoms with E-state index in [2.05, 4.69) is 161 Å². The summed E-state index contributed by atoms with van der Waals surface area (Å²) in [5, 5.41) is 8.16. The Hall–Kier alpha value is -2.82. The number of hydrogen-bond acceptors (Lipinski definition) is 0. The molecule has 6 aromatic carbocycles. The molecule has 23 rings (SSSR count). The molecule has 53 heavy (non-hydrogen) atoms. The molecule has 15 aliphatic rings. The molecule has 17 heterocycles. The fourth-order valence-electron chi connectivity index (χ4n) is 10.3. The van der Waals surface area contributed by atoms with Crippen molar-refractivity contribution in [2.75, 3.05) is 0 Å². The molecule has 0 spiro atoms. The van der Waals surface area contributed by atoms with E-state index in [-0.39, 0.29) is 0 Å². The molecule has 264 valence electrons. The van der Waals surface area contributed by atoms with Crippen LogP contribution in [0.5, 0.6) is 0 Å². The molecular formula is C48H50GeN2PbSn. The Bertz CT molecular complexity index is 2430. The van der Waals surface area contributed by atoms with E-state index >= 15 is 0 Å². The van der Waals surface area contributed by atoms with Gasteiger partial charge in [0.2, 0.25) is 0 Å². The molecule has 0 radical (unpaired) electrons.